The van der Waals surface area contributed by atoms with Gasteiger partial charge in [-0.15, -0.1) is 0 Å². The first-order valence-corrected chi connectivity index (χ1v) is 11.3. The molecule has 2 aliphatic rings. The number of esters is 1. The molecule has 7 heteroatoms. The van der Waals surface area contributed by atoms with Crippen molar-refractivity contribution in [1.82, 2.24) is 14.8 Å². The van der Waals surface area contributed by atoms with Crippen LogP contribution >= 0.6 is 0 Å². The number of hydrogen-bond donors (Lipinski definition) is 1. The van der Waals surface area contributed by atoms with Crippen molar-refractivity contribution in [3.8, 4) is 0 Å². The van der Waals surface area contributed by atoms with Gasteiger partial charge in [-0.3, -0.25) is 9.59 Å². The number of piperazine rings is 1. The first-order chi connectivity index (χ1) is 15.9. The molecule has 3 heterocycles. The van der Waals surface area contributed by atoms with E-state index in [0.717, 1.165) is 27.7 Å². The molecular formula is C26H27N3O4. The van der Waals surface area contributed by atoms with Crippen LogP contribution in [-0.2, 0) is 20.7 Å². The summed E-state index contributed by atoms with van der Waals surface area (Å²) >= 11 is 0. The number of benzene rings is 2. The molecule has 3 aromatic rings. The first-order valence-electron chi connectivity index (χ1n) is 11.3. The average molecular weight is 446 g/mol. The molecule has 2 atom stereocenters. The molecule has 1 fully saturated rings. The highest BCUT2D eigenvalue weighted by Gasteiger charge is 2.48. The second-order valence-corrected chi connectivity index (χ2v) is 9.21. The fourth-order valence-electron chi connectivity index (χ4n) is 5.18. The second kappa shape index (κ2) is 8.06. The minimum atomic E-state index is -0.554. The molecule has 7 nitrogen and oxygen atoms in total. The van der Waals surface area contributed by atoms with Crippen LogP contribution in [0, 0.1) is 5.92 Å². The lowest BCUT2D eigenvalue weighted by atomic mass is 9.86. The van der Waals surface area contributed by atoms with Gasteiger partial charge in [0.05, 0.1) is 25.3 Å². The summed E-state index contributed by atoms with van der Waals surface area (Å²) in [5.41, 5.74) is 4.27. The fraction of sp³-hybridized carbons (Fsp3) is 0.346. The quantitative estimate of drug-likeness (QED) is 0.625. The number of aromatic amines is 1. The van der Waals surface area contributed by atoms with Crippen molar-refractivity contribution in [3.63, 3.8) is 0 Å². The van der Waals surface area contributed by atoms with Crippen LogP contribution in [0.4, 0.5) is 0 Å². The number of amides is 2. The summed E-state index contributed by atoms with van der Waals surface area (Å²) in [6.07, 6.45) is 0.481. The number of fused-ring (bicyclic) bond motifs is 4. The zero-order valence-corrected chi connectivity index (χ0v) is 19.0. The highest BCUT2D eigenvalue weighted by molar-refractivity contribution is 5.97. The minimum Gasteiger partial charge on any atom is -0.465 e. The van der Waals surface area contributed by atoms with Crippen molar-refractivity contribution in [2.45, 2.75) is 32.4 Å². The van der Waals surface area contributed by atoms with Crippen LogP contribution in [0.3, 0.4) is 0 Å². The minimum absolute atomic E-state index is 0.00425. The summed E-state index contributed by atoms with van der Waals surface area (Å²) in [7, 11) is 1.35. The van der Waals surface area contributed by atoms with Gasteiger partial charge in [0.25, 0.3) is 0 Å². The Labute approximate surface area is 192 Å². The van der Waals surface area contributed by atoms with Crippen LogP contribution in [0.2, 0.25) is 0 Å². The van der Waals surface area contributed by atoms with Gasteiger partial charge in [-0.2, -0.15) is 0 Å². The number of rotatable bonds is 4. The van der Waals surface area contributed by atoms with Crippen LogP contribution in [0.1, 0.15) is 47.1 Å². The maximum atomic E-state index is 13.5. The van der Waals surface area contributed by atoms with E-state index >= 15 is 0 Å². The monoisotopic (exact) mass is 445 g/mol. The molecule has 170 valence electrons. The van der Waals surface area contributed by atoms with Crippen molar-refractivity contribution in [3.05, 3.63) is 70.9 Å². The standard InChI is InChI=1S/C26H27N3O4/c1-15(2)13-28-14-22(30)29-21(25(28)31)12-19-18-6-4-5-7-20(18)27-23(19)24(29)16-8-10-17(11-9-16)26(32)33-3/h4-11,15,21,24,27H,12-14H2,1-3H3/t21-,24-/m0/s1. The van der Waals surface area contributed by atoms with Gasteiger partial charge < -0.3 is 19.5 Å². The lowest BCUT2D eigenvalue weighted by Gasteiger charge is -2.47. The van der Waals surface area contributed by atoms with Crippen molar-refractivity contribution >= 4 is 28.7 Å². The Balaban J connectivity index is 1.64. The van der Waals surface area contributed by atoms with Crippen LogP contribution in [0.25, 0.3) is 10.9 Å². The van der Waals surface area contributed by atoms with E-state index in [9.17, 15) is 14.4 Å². The molecule has 0 radical (unpaired) electrons. The van der Waals surface area contributed by atoms with E-state index in [4.69, 9.17) is 4.74 Å². The van der Waals surface area contributed by atoms with Crippen molar-refractivity contribution in [1.29, 1.82) is 0 Å². The maximum absolute atomic E-state index is 13.5. The van der Waals surface area contributed by atoms with Crippen LogP contribution in [-0.4, -0.2) is 58.8 Å². The SMILES string of the molecule is COC(=O)c1ccc([C@H]2c3[nH]c4ccccc4c3C[C@H]3C(=O)N(CC(C)C)CC(=O)N23)cc1. The van der Waals surface area contributed by atoms with Crippen LogP contribution in [0.15, 0.2) is 48.5 Å². The molecule has 1 saturated heterocycles. The third kappa shape index (κ3) is 3.48. The molecule has 2 aliphatic heterocycles. The predicted molar refractivity (Wildman–Crippen MR) is 124 cm³/mol. The Morgan fingerprint density at radius 2 is 1.85 bits per heavy atom. The summed E-state index contributed by atoms with van der Waals surface area (Å²) in [6.45, 7) is 4.75. The Hall–Kier alpha value is -3.61. The van der Waals surface area contributed by atoms with Crippen molar-refractivity contribution in [2.75, 3.05) is 20.2 Å². The largest absolute Gasteiger partial charge is 0.465 e. The van der Waals surface area contributed by atoms with Gasteiger partial charge in [-0.25, -0.2) is 4.79 Å². The summed E-state index contributed by atoms with van der Waals surface area (Å²) in [5.74, 6) is -0.202. The normalized spacial score (nSPS) is 20.2. The lowest BCUT2D eigenvalue weighted by Crippen LogP contribution is -2.63. The number of aromatic nitrogens is 1. The Kier molecular flexibility index (Phi) is 5.19. The molecule has 0 bridgehead atoms. The van der Waals surface area contributed by atoms with E-state index in [1.807, 2.05) is 30.3 Å². The third-order valence-electron chi connectivity index (χ3n) is 6.58. The Bertz CT molecular complexity index is 1240. The predicted octanol–water partition coefficient (Wildman–Crippen LogP) is 3.30. The highest BCUT2D eigenvalue weighted by Crippen LogP contribution is 2.42. The number of hydrogen-bond acceptors (Lipinski definition) is 4. The summed E-state index contributed by atoms with van der Waals surface area (Å²) < 4.78 is 4.82. The van der Waals surface area contributed by atoms with Crippen LogP contribution in [0.5, 0.6) is 0 Å². The topological polar surface area (TPSA) is 82.7 Å². The molecule has 0 saturated carbocycles. The van der Waals surface area contributed by atoms with Gasteiger partial charge in [-0.1, -0.05) is 44.2 Å². The second-order valence-electron chi connectivity index (χ2n) is 9.21. The highest BCUT2D eigenvalue weighted by atomic mass is 16.5. The van der Waals surface area contributed by atoms with Gasteiger partial charge >= 0.3 is 5.97 Å². The number of para-hydroxylation sites is 1. The van der Waals surface area contributed by atoms with E-state index < -0.39 is 18.1 Å². The van der Waals surface area contributed by atoms with Gasteiger partial charge in [0.2, 0.25) is 11.8 Å². The Morgan fingerprint density at radius 1 is 1.12 bits per heavy atom. The molecule has 0 spiro atoms. The molecule has 2 aromatic carbocycles. The molecule has 33 heavy (non-hydrogen) atoms. The number of methoxy groups -OCH3 is 1. The zero-order valence-electron chi connectivity index (χ0n) is 19.0. The number of carbonyl (C=O) groups is 3. The number of nitrogens with zero attached hydrogens (tertiary/aromatic N) is 2. The maximum Gasteiger partial charge on any atom is 0.337 e. The zero-order chi connectivity index (χ0) is 23.3. The Morgan fingerprint density at radius 3 is 2.55 bits per heavy atom. The average Bonchev–Trinajstić information content (AvgIpc) is 3.19. The number of ether oxygens (including phenoxy) is 1. The van der Waals surface area contributed by atoms with E-state index in [-0.39, 0.29) is 24.3 Å². The van der Waals surface area contributed by atoms with Gasteiger partial charge in [0.1, 0.15) is 6.04 Å². The lowest BCUT2D eigenvalue weighted by molar-refractivity contribution is -0.159. The van der Waals surface area contributed by atoms with Crippen molar-refractivity contribution < 1.29 is 19.1 Å². The van der Waals surface area contributed by atoms with E-state index in [2.05, 4.69) is 24.9 Å². The van der Waals surface area contributed by atoms with Gasteiger partial charge in [-0.05, 0) is 35.2 Å². The molecule has 2 amide bonds. The molecule has 1 N–H and O–H groups in total. The number of nitrogens with one attached hydrogen (secondary N) is 1. The molecule has 1 aromatic heterocycles. The molecule has 0 aliphatic carbocycles. The van der Waals surface area contributed by atoms with Gasteiger partial charge in [0, 0.05) is 29.6 Å². The molecular weight excluding hydrogens is 418 g/mol. The van der Waals surface area contributed by atoms with Gasteiger partial charge in [0.15, 0.2) is 0 Å². The number of carbonyl (C=O) groups excluding carboxylic acids is 3. The molecule has 0 unspecified atom stereocenters. The van der Waals surface area contributed by atoms with E-state index in [1.54, 1.807) is 21.9 Å². The summed E-state index contributed by atoms with van der Waals surface area (Å²) in [4.78, 5) is 45.8. The molecule has 5 rings (SSSR count). The van der Waals surface area contributed by atoms with E-state index in [0.29, 0.717) is 18.5 Å². The number of H-pyrrole nitrogens is 1. The summed E-state index contributed by atoms with van der Waals surface area (Å²) in [6, 6.07) is 14.1. The summed E-state index contributed by atoms with van der Waals surface area (Å²) in [5, 5.41) is 1.07. The smallest absolute Gasteiger partial charge is 0.337 e. The third-order valence-corrected chi connectivity index (χ3v) is 6.58. The van der Waals surface area contributed by atoms with E-state index in [1.165, 1.54) is 7.11 Å². The van der Waals surface area contributed by atoms with Crippen LogP contribution < -0.4 is 0 Å². The van der Waals surface area contributed by atoms with Crippen molar-refractivity contribution in [2.24, 2.45) is 5.92 Å². The first kappa shape index (κ1) is 21.2. The fourth-order valence-corrected chi connectivity index (χ4v) is 5.18.